The van der Waals surface area contributed by atoms with Gasteiger partial charge in [-0.05, 0) is 48.4 Å². The third-order valence-corrected chi connectivity index (χ3v) is 7.48. The van der Waals surface area contributed by atoms with Crippen molar-refractivity contribution in [3.63, 3.8) is 0 Å². The number of benzene rings is 2. The summed E-state index contributed by atoms with van der Waals surface area (Å²) in [4.78, 5) is 13.2. The van der Waals surface area contributed by atoms with Crippen LogP contribution in [0.3, 0.4) is 0 Å². The lowest BCUT2D eigenvalue weighted by molar-refractivity contribution is -0.123. The summed E-state index contributed by atoms with van der Waals surface area (Å²) in [5, 5.41) is 3.07. The SMILES string of the molecule is COc1ccc(C(C)C)cc1S(=O)(=O)NC(Cc1ccccc1)C(=O)NC1CCCCC1. The lowest BCUT2D eigenvalue weighted by Crippen LogP contribution is -2.51. The molecule has 1 aliphatic rings. The number of hydrogen-bond donors (Lipinski definition) is 2. The number of carbonyl (C=O) groups is 1. The first-order valence-corrected chi connectivity index (χ1v) is 12.8. The van der Waals surface area contributed by atoms with Crippen LogP contribution in [0.25, 0.3) is 0 Å². The Kier molecular flexibility index (Phi) is 8.32. The molecule has 2 aromatic rings. The van der Waals surface area contributed by atoms with Gasteiger partial charge in [0.2, 0.25) is 15.9 Å². The molecular formula is C25H34N2O4S. The van der Waals surface area contributed by atoms with Crippen LogP contribution in [0.4, 0.5) is 0 Å². The summed E-state index contributed by atoms with van der Waals surface area (Å²) in [6, 6.07) is 13.8. The lowest BCUT2D eigenvalue weighted by atomic mass is 9.95. The molecule has 0 saturated heterocycles. The third kappa shape index (κ3) is 6.33. The molecule has 0 radical (unpaired) electrons. The van der Waals surface area contributed by atoms with E-state index in [0.29, 0.717) is 0 Å². The highest BCUT2D eigenvalue weighted by molar-refractivity contribution is 7.89. The van der Waals surface area contributed by atoms with Crippen LogP contribution in [0.15, 0.2) is 53.4 Å². The molecule has 3 rings (SSSR count). The number of rotatable bonds is 9. The van der Waals surface area contributed by atoms with E-state index in [1.54, 1.807) is 12.1 Å². The second kappa shape index (κ2) is 11.0. The van der Waals surface area contributed by atoms with Gasteiger partial charge in [0, 0.05) is 6.04 Å². The van der Waals surface area contributed by atoms with E-state index >= 15 is 0 Å². The zero-order valence-electron chi connectivity index (χ0n) is 19.1. The van der Waals surface area contributed by atoms with E-state index in [-0.39, 0.29) is 34.9 Å². The number of carbonyl (C=O) groups excluding carboxylic acids is 1. The van der Waals surface area contributed by atoms with Crippen LogP contribution in [0, 0.1) is 0 Å². The molecule has 32 heavy (non-hydrogen) atoms. The van der Waals surface area contributed by atoms with Crippen LogP contribution in [0.5, 0.6) is 5.75 Å². The van der Waals surface area contributed by atoms with E-state index in [0.717, 1.165) is 36.8 Å². The van der Waals surface area contributed by atoms with Gasteiger partial charge < -0.3 is 10.1 Å². The molecule has 0 spiro atoms. The Morgan fingerprint density at radius 1 is 1.06 bits per heavy atom. The van der Waals surface area contributed by atoms with Crippen molar-refractivity contribution >= 4 is 15.9 Å². The van der Waals surface area contributed by atoms with E-state index in [4.69, 9.17) is 4.74 Å². The Balaban J connectivity index is 1.88. The summed E-state index contributed by atoms with van der Waals surface area (Å²) in [5.74, 6) is 0.126. The van der Waals surface area contributed by atoms with Crippen molar-refractivity contribution in [3.8, 4) is 5.75 Å². The van der Waals surface area contributed by atoms with E-state index in [9.17, 15) is 13.2 Å². The van der Waals surface area contributed by atoms with Gasteiger partial charge in [-0.15, -0.1) is 0 Å². The van der Waals surface area contributed by atoms with Crippen molar-refractivity contribution in [1.29, 1.82) is 0 Å². The monoisotopic (exact) mass is 458 g/mol. The van der Waals surface area contributed by atoms with Crippen LogP contribution < -0.4 is 14.8 Å². The van der Waals surface area contributed by atoms with Gasteiger partial charge in [0.25, 0.3) is 0 Å². The molecule has 2 aromatic carbocycles. The van der Waals surface area contributed by atoms with Crippen molar-refractivity contribution in [3.05, 3.63) is 59.7 Å². The fourth-order valence-electron chi connectivity index (χ4n) is 4.10. The van der Waals surface area contributed by atoms with Crippen molar-refractivity contribution in [2.75, 3.05) is 7.11 Å². The van der Waals surface area contributed by atoms with E-state index < -0.39 is 16.1 Å². The molecule has 1 saturated carbocycles. The van der Waals surface area contributed by atoms with E-state index in [1.807, 2.05) is 50.2 Å². The average Bonchev–Trinajstić information content (AvgIpc) is 2.79. The number of methoxy groups -OCH3 is 1. The first-order chi connectivity index (χ1) is 15.3. The summed E-state index contributed by atoms with van der Waals surface area (Å²) in [7, 11) is -2.55. The van der Waals surface area contributed by atoms with Crippen LogP contribution >= 0.6 is 0 Å². The first-order valence-electron chi connectivity index (χ1n) is 11.3. The number of hydrogen-bond acceptors (Lipinski definition) is 4. The number of sulfonamides is 1. The fourth-order valence-corrected chi connectivity index (χ4v) is 5.50. The fraction of sp³-hybridized carbons (Fsp3) is 0.480. The predicted molar refractivity (Wildman–Crippen MR) is 126 cm³/mol. The molecule has 1 fully saturated rings. The summed E-state index contributed by atoms with van der Waals surface area (Å²) >= 11 is 0. The third-order valence-electron chi connectivity index (χ3n) is 5.99. The molecule has 0 heterocycles. The summed E-state index contributed by atoms with van der Waals surface area (Å²) in [5.41, 5.74) is 1.78. The molecule has 0 aliphatic heterocycles. The summed E-state index contributed by atoms with van der Waals surface area (Å²) in [6.45, 7) is 4.00. The second-order valence-electron chi connectivity index (χ2n) is 8.77. The Morgan fingerprint density at radius 2 is 1.75 bits per heavy atom. The minimum Gasteiger partial charge on any atom is -0.495 e. The van der Waals surface area contributed by atoms with Crippen LogP contribution in [0.2, 0.25) is 0 Å². The highest BCUT2D eigenvalue weighted by Gasteiger charge is 2.30. The lowest BCUT2D eigenvalue weighted by Gasteiger charge is -2.26. The largest absolute Gasteiger partial charge is 0.495 e. The zero-order chi connectivity index (χ0) is 23.1. The molecule has 1 unspecified atom stereocenters. The molecule has 0 aromatic heterocycles. The molecular weight excluding hydrogens is 424 g/mol. The molecule has 0 bridgehead atoms. The van der Waals surface area contributed by atoms with Crippen LogP contribution in [-0.4, -0.2) is 33.5 Å². The average molecular weight is 459 g/mol. The Labute approximate surface area is 191 Å². The van der Waals surface area contributed by atoms with Gasteiger partial charge >= 0.3 is 0 Å². The minimum atomic E-state index is -4.00. The Hall–Kier alpha value is -2.38. The van der Waals surface area contributed by atoms with E-state index in [2.05, 4.69) is 10.0 Å². The smallest absolute Gasteiger partial charge is 0.245 e. The quantitative estimate of drug-likeness (QED) is 0.591. The Morgan fingerprint density at radius 3 is 2.38 bits per heavy atom. The summed E-state index contributed by atoms with van der Waals surface area (Å²) < 4.78 is 34.8. The highest BCUT2D eigenvalue weighted by atomic mass is 32.2. The first kappa shape index (κ1) is 24.3. The standard InChI is InChI=1S/C25H34N2O4S/c1-18(2)20-14-15-23(31-3)24(17-20)32(29,30)27-22(16-19-10-6-4-7-11-19)25(28)26-21-12-8-5-9-13-21/h4,6-7,10-11,14-15,17-18,21-22,27H,5,8-9,12-13,16H2,1-3H3,(H,26,28). The molecule has 174 valence electrons. The maximum atomic E-state index is 13.4. The van der Waals surface area contributed by atoms with E-state index in [1.165, 1.54) is 13.5 Å². The highest BCUT2D eigenvalue weighted by Crippen LogP contribution is 2.28. The number of ether oxygens (including phenoxy) is 1. The topological polar surface area (TPSA) is 84.5 Å². The number of amides is 1. The molecule has 1 aliphatic carbocycles. The molecule has 2 N–H and O–H groups in total. The minimum absolute atomic E-state index is 0.0507. The zero-order valence-corrected chi connectivity index (χ0v) is 20.0. The molecule has 1 atom stereocenters. The van der Waals surface area contributed by atoms with Gasteiger partial charge in [-0.3, -0.25) is 4.79 Å². The molecule has 7 heteroatoms. The Bertz CT molecular complexity index is 1000. The maximum absolute atomic E-state index is 13.4. The normalized spacial score (nSPS) is 16.0. The van der Waals surface area contributed by atoms with Crippen molar-refractivity contribution < 1.29 is 17.9 Å². The van der Waals surface area contributed by atoms with Gasteiger partial charge in [-0.2, -0.15) is 4.72 Å². The van der Waals surface area contributed by atoms with Gasteiger partial charge in [0.15, 0.2) is 0 Å². The second-order valence-corrected chi connectivity index (χ2v) is 10.5. The van der Waals surface area contributed by atoms with Crippen molar-refractivity contribution in [2.45, 2.75) is 75.3 Å². The van der Waals surface area contributed by atoms with Gasteiger partial charge in [-0.1, -0.05) is 69.5 Å². The van der Waals surface area contributed by atoms with Crippen molar-refractivity contribution in [1.82, 2.24) is 10.0 Å². The van der Waals surface area contributed by atoms with Gasteiger partial charge in [0.05, 0.1) is 7.11 Å². The van der Waals surface area contributed by atoms with Gasteiger partial charge in [-0.25, -0.2) is 8.42 Å². The van der Waals surface area contributed by atoms with Crippen molar-refractivity contribution in [2.24, 2.45) is 0 Å². The van der Waals surface area contributed by atoms with Gasteiger partial charge in [0.1, 0.15) is 16.7 Å². The molecule has 6 nitrogen and oxygen atoms in total. The summed E-state index contributed by atoms with van der Waals surface area (Å²) in [6.07, 6.45) is 5.48. The van der Waals surface area contributed by atoms with Crippen LogP contribution in [0.1, 0.15) is 63.0 Å². The van der Waals surface area contributed by atoms with Crippen LogP contribution in [-0.2, 0) is 21.2 Å². The maximum Gasteiger partial charge on any atom is 0.245 e. The predicted octanol–water partition coefficient (Wildman–Crippen LogP) is 4.16. The molecule has 1 amide bonds. The number of nitrogens with one attached hydrogen (secondary N) is 2.